The minimum absolute atomic E-state index is 0.132. The summed E-state index contributed by atoms with van der Waals surface area (Å²) < 4.78 is 38.9. The SMILES string of the molecule is CCCOc1c(OC)cc2c(c1OC)c(-c1ccc(OC)cc1)c(OC(=O)O)n2Cc1ccc2nsnc2c1. The lowest BCUT2D eigenvalue weighted by Crippen LogP contribution is -2.10. The van der Waals surface area contributed by atoms with E-state index in [0.29, 0.717) is 51.6 Å². The fraction of sp³-hybridized carbons (Fsp3) is 0.250. The minimum Gasteiger partial charge on any atom is -0.497 e. The highest BCUT2D eigenvalue weighted by molar-refractivity contribution is 7.00. The normalized spacial score (nSPS) is 11.1. The van der Waals surface area contributed by atoms with Crippen LogP contribution in [-0.4, -0.2) is 52.5 Å². The molecule has 2 heterocycles. The van der Waals surface area contributed by atoms with Crippen molar-refractivity contribution >= 4 is 39.8 Å². The predicted molar refractivity (Wildman–Crippen MR) is 148 cm³/mol. The zero-order valence-corrected chi connectivity index (χ0v) is 22.7. The number of aromatic nitrogens is 3. The van der Waals surface area contributed by atoms with E-state index < -0.39 is 6.16 Å². The molecule has 10 nitrogen and oxygen atoms in total. The first-order valence-corrected chi connectivity index (χ1v) is 12.9. The Morgan fingerprint density at radius 1 is 0.949 bits per heavy atom. The second-order valence-corrected chi connectivity index (χ2v) is 9.16. The molecule has 0 aliphatic rings. The van der Waals surface area contributed by atoms with E-state index in [1.165, 1.54) is 0 Å². The highest BCUT2D eigenvalue weighted by atomic mass is 32.1. The van der Waals surface area contributed by atoms with Gasteiger partial charge in [0.1, 0.15) is 16.8 Å². The Hall–Kier alpha value is -4.51. The van der Waals surface area contributed by atoms with Gasteiger partial charge >= 0.3 is 6.16 Å². The Balaban J connectivity index is 1.85. The molecule has 5 rings (SSSR count). The Morgan fingerprint density at radius 3 is 2.38 bits per heavy atom. The Kier molecular flexibility index (Phi) is 7.42. The van der Waals surface area contributed by atoms with Crippen LogP contribution in [0.2, 0.25) is 0 Å². The molecule has 1 N–H and O–H groups in total. The maximum Gasteiger partial charge on any atom is 0.512 e. The quantitative estimate of drug-likeness (QED) is 0.202. The number of hydrogen-bond donors (Lipinski definition) is 1. The van der Waals surface area contributed by atoms with E-state index in [0.717, 1.165) is 34.7 Å². The average molecular weight is 550 g/mol. The van der Waals surface area contributed by atoms with Gasteiger partial charge in [0.05, 0.1) is 62.7 Å². The monoisotopic (exact) mass is 549 g/mol. The fourth-order valence-electron chi connectivity index (χ4n) is 4.58. The number of fused-ring (bicyclic) bond motifs is 2. The average Bonchev–Trinajstić information content (AvgIpc) is 3.53. The zero-order valence-electron chi connectivity index (χ0n) is 21.9. The van der Waals surface area contributed by atoms with Crippen molar-refractivity contribution in [3.8, 4) is 40.0 Å². The van der Waals surface area contributed by atoms with Gasteiger partial charge in [0.15, 0.2) is 11.5 Å². The van der Waals surface area contributed by atoms with Crippen LogP contribution in [-0.2, 0) is 6.54 Å². The highest BCUT2D eigenvalue weighted by Gasteiger charge is 2.29. The van der Waals surface area contributed by atoms with E-state index in [1.54, 1.807) is 38.0 Å². The summed E-state index contributed by atoms with van der Waals surface area (Å²) in [6, 6.07) is 14.8. The molecular formula is C28H27N3O7S. The summed E-state index contributed by atoms with van der Waals surface area (Å²) in [5, 5.41) is 10.4. The van der Waals surface area contributed by atoms with Crippen LogP contribution in [0.4, 0.5) is 4.79 Å². The lowest BCUT2D eigenvalue weighted by Gasteiger charge is -2.16. The first-order chi connectivity index (χ1) is 19.0. The summed E-state index contributed by atoms with van der Waals surface area (Å²) in [7, 11) is 4.68. The van der Waals surface area contributed by atoms with Gasteiger partial charge in [-0.25, -0.2) is 4.79 Å². The summed E-state index contributed by atoms with van der Waals surface area (Å²) in [4.78, 5) is 12.0. The van der Waals surface area contributed by atoms with Gasteiger partial charge < -0.3 is 33.4 Å². The molecular weight excluding hydrogens is 522 g/mol. The van der Waals surface area contributed by atoms with Gasteiger partial charge in [0, 0.05) is 6.07 Å². The van der Waals surface area contributed by atoms with Gasteiger partial charge in [-0.05, 0) is 41.8 Å². The van der Waals surface area contributed by atoms with Crippen LogP contribution in [0.25, 0.3) is 33.1 Å². The topological polar surface area (TPSA) is 114 Å². The molecule has 0 amide bonds. The Bertz CT molecular complexity index is 1640. The fourth-order valence-corrected chi connectivity index (χ4v) is 5.09. The predicted octanol–water partition coefficient (Wildman–Crippen LogP) is 6.23. The van der Waals surface area contributed by atoms with Crippen molar-refractivity contribution in [1.82, 2.24) is 13.3 Å². The third-order valence-electron chi connectivity index (χ3n) is 6.28. The minimum atomic E-state index is -1.44. The lowest BCUT2D eigenvalue weighted by molar-refractivity contribution is 0.141. The second kappa shape index (κ2) is 11.1. The van der Waals surface area contributed by atoms with Gasteiger partial charge in [-0.2, -0.15) is 8.75 Å². The highest BCUT2D eigenvalue weighted by Crippen LogP contribution is 2.52. The molecule has 39 heavy (non-hydrogen) atoms. The molecule has 0 fully saturated rings. The number of carboxylic acid groups (broad SMARTS) is 1. The van der Waals surface area contributed by atoms with Crippen LogP contribution in [0.15, 0.2) is 48.5 Å². The third-order valence-corrected chi connectivity index (χ3v) is 6.83. The van der Waals surface area contributed by atoms with Crippen LogP contribution in [0.5, 0.6) is 28.9 Å². The summed E-state index contributed by atoms with van der Waals surface area (Å²) in [5.74, 6) is 2.09. The first-order valence-electron chi connectivity index (χ1n) is 12.2. The van der Waals surface area contributed by atoms with Gasteiger partial charge in [-0.3, -0.25) is 0 Å². The van der Waals surface area contributed by atoms with Crippen molar-refractivity contribution < 1.29 is 33.6 Å². The molecule has 0 unspecified atom stereocenters. The van der Waals surface area contributed by atoms with E-state index >= 15 is 0 Å². The van der Waals surface area contributed by atoms with Gasteiger partial charge in [-0.1, -0.05) is 25.1 Å². The van der Waals surface area contributed by atoms with Crippen LogP contribution in [0.1, 0.15) is 18.9 Å². The van der Waals surface area contributed by atoms with Crippen LogP contribution >= 0.6 is 11.7 Å². The van der Waals surface area contributed by atoms with Gasteiger partial charge in [0.2, 0.25) is 11.6 Å². The van der Waals surface area contributed by atoms with Gasteiger partial charge in [0.25, 0.3) is 0 Å². The maximum atomic E-state index is 12.0. The standard InChI is InChI=1S/C28H27N3O7S/c1-5-12-37-25-22(35-3)14-21-24(26(25)36-4)23(17-7-9-18(34-2)10-8-17)27(38-28(32)33)31(21)15-16-6-11-19-20(13-16)30-39-29-19/h6-11,13-14H,5,12,15H2,1-4H3,(H,32,33). The Morgan fingerprint density at radius 2 is 1.72 bits per heavy atom. The van der Waals surface area contributed by atoms with Crippen molar-refractivity contribution in [3.63, 3.8) is 0 Å². The van der Waals surface area contributed by atoms with Crippen LogP contribution in [0, 0.1) is 0 Å². The Labute approximate surface area is 228 Å². The molecule has 5 aromatic rings. The molecule has 0 radical (unpaired) electrons. The number of carbonyl (C=O) groups is 1. The summed E-state index contributed by atoms with van der Waals surface area (Å²) in [5.41, 5.74) is 4.32. The molecule has 0 atom stereocenters. The van der Waals surface area contributed by atoms with E-state index in [-0.39, 0.29) is 12.4 Å². The lowest BCUT2D eigenvalue weighted by atomic mass is 10.0. The van der Waals surface area contributed by atoms with Crippen LogP contribution < -0.4 is 23.7 Å². The number of ether oxygens (including phenoxy) is 5. The summed E-state index contributed by atoms with van der Waals surface area (Å²) >= 11 is 1.14. The van der Waals surface area contributed by atoms with E-state index in [2.05, 4.69) is 8.75 Å². The molecule has 0 saturated carbocycles. The zero-order chi connectivity index (χ0) is 27.5. The van der Waals surface area contributed by atoms with Crippen molar-refractivity contribution in [2.75, 3.05) is 27.9 Å². The van der Waals surface area contributed by atoms with Crippen molar-refractivity contribution in [2.45, 2.75) is 19.9 Å². The number of methoxy groups -OCH3 is 3. The number of benzene rings is 3. The number of nitrogens with zero attached hydrogens (tertiary/aromatic N) is 3. The van der Waals surface area contributed by atoms with E-state index in [9.17, 15) is 9.90 Å². The molecule has 202 valence electrons. The number of rotatable bonds is 10. The van der Waals surface area contributed by atoms with Crippen LogP contribution in [0.3, 0.4) is 0 Å². The summed E-state index contributed by atoms with van der Waals surface area (Å²) in [6.45, 7) is 2.73. The third kappa shape index (κ3) is 4.88. The largest absolute Gasteiger partial charge is 0.512 e. The molecule has 3 aromatic carbocycles. The summed E-state index contributed by atoms with van der Waals surface area (Å²) in [6.07, 6.45) is -0.667. The van der Waals surface area contributed by atoms with Crippen molar-refractivity contribution in [3.05, 3.63) is 54.1 Å². The molecule has 0 bridgehead atoms. The van der Waals surface area contributed by atoms with E-state index in [4.69, 9.17) is 23.7 Å². The second-order valence-electron chi connectivity index (χ2n) is 8.63. The van der Waals surface area contributed by atoms with E-state index in [1.807, 2.05) is 43.3 Å². The molecule has 0 aliphatic carbocycles. The van der Waals surface area contributed by atoms with Gasteiger partial charge in [-0.15, -0.1) is 0 Å². The molecule has 0 spiro atoms. The van der Waals surface area contributed by atoms with Crippen molar-refractivity contribution in [2.24, 2.45) is 0 Å². The molecule has 2 aromatic heterocycles. The maximum absolute atomic E-state index is 12.0. The molecule has 0 saturated heterocycles. The molecule has 0 aliphatic heterocycles. The smallest absolute Gasteiger partial charge is 0.497 e. The number of hydrogen-bond acceptors (Lipinski definition) is 9. The molecule has 11 heteroatoms. The first kappa shape index (κ1) is 26.1. The van der Waals surface area contributed by atoms with Crippen molar-refractivity contribution in [1.29, 1.82) is 0 Å².